The Bertz CT molecular complexity index is 399. The van der Waals surface area contributed by atoms with Crippen molar-refractivity contribution in [2.24, 2.45) is 5.73 Å². The van der Waals surface area contributed by atoms with Crippen molar-refractivity contribution in [2.45, 2.75) is 39.3 Å². The molecule has 1 rings (SSSR count). The van der Waals surface area contributed by atoms with E-state index >= 15 is 0 Å². The van der Waals surface area contributed by atoms with Gasteiger partial charge in [0.25, 0.3) is 0 Å². The van der Waals surface area contributed by atoms with Crippen molar-refractivity contribution in [3.8, 4) is 0 Å². The number of rotatable bonds is 5. The molecule has 102 valence electrons. The molecular weight excluding hydrogens is 231 g/mol. The van der Waals surface area contributed by atoms with Crippen molar-refractivity contribution >= 4 is 5.69 Å². The summed E-state index contributed by atoms with van der Waals surface area (Å²) in [5.41, 5.74) is 6.14. The fourth-order valence-electron chi connectivity index (χ4n) is 1.90. The van der Waals surface area contributed by atoms with Crippen LogP contribution in [0.5, 0.6) is 0 Å². The van der Waals surface area contributed by atoms with Crippen LogP contribution in [0.1, 0.15) is 39.3 Å². The molecule has 0 bridgehead atoms. The number of nitrogens with zero attached hydrogens (tertiary/aromatic N) is 1. The van der Waals surface area contributed by atoms with Gasteiger partial charge in [-0.05, 0) is 45.4 Å². The van der Waals surface area contributed by atoms with Gasteiger partial charge in [-0.2, -0.15) is 0 Å². The van der Waals surface area contributed by atoms with E-state index < -0.39 is 5.60 Å². The van der Waals surface area contributed by atoms with E-state index in [0.717, 1.165) is 5.56 Å². The van der Waals surface area contributed by atoms with E-state index in [4.69, 9.17) is 5.73 Å². The molecule has 0 saturated heterocycles. The van der Waals surface area contributed by atoms with Crippen molar-refractivity contribution < 1.29 is 9.50 Å². The molecule has 0 aliphatic carbocycles. The predicted molar refractivity (Wildman–Crippen MR) is 73.2 cm³/mol. The number of nitrogens with two attached hydrogens (primary N) is 1. The van der Waals surface area contributed by atoms with Crippen molar-refractivity contribution in [2.75, 3.05) is 18.0 Å². The highest BCUT2D eigenvalue weighted by molar-refractivity contribution is 5.49. The first-order valence-electron chi connectivity index (χ1n) is 6.27. The molecule has 0 radical (unpaired) electrons. The van der Waals surface area contributed by atoms with E-state index in [-0.39, 0.29) is 11.9 Å². The monoisotopic (exact) mass is 254 g/mol. The molecule has 1 aromatic carbocycles. The quantitative estimate of drug-likeness (QED) is 0.848. The zero-order chi connectivity index (χ0) is 13.9. The molecule has 1 aromatic rings. The third-order valence-electron chi connectivity index (χ3n) is 2.80. The average Bonchev–Trinajstić information content (AvgIpc) is 2.24. The molecule has 0 heterocycles. The number of hydrogen-bond acceptors (Lipinski definition) is 3. The van der Waals surface area contributed by atoms with E-state index in [0.29, 0.717) is 18.8 Å². The largest absolute Gasteiger partial charge is 0.389 e. The van der Waals surface area contributed by atoms with Gasteiger partial charge in [0.15, 0.2) is 0 Å². The fraction of sp³-hybridized carbons (Fsp3) is 0.571. The van der Waals surface area contributed by atoms with Gasteiger partial charge < -0.3 is 15.7 Å². The first kappa shape index (κ1) is 14.9. The minimum absolute atomic E-state index is 0.182. The first-order chi connectivity index (χ1) is 8.24. The smallest absolute Gasteiger partial charge is 0.146 e. The Kier molecular flexibility index (Phi) is 4.71. The lowest BCUT2D eigenvalue weighted by atomic mass is 10.1. The third kappa shape index (κ3) is 3.96. The lowest BCUT2D eigenvalue weighted by molar-refractivity contribution is 0.0874. The summed E-state index contributed by atoms with van der Waals surface area (Å²) in [6.07, 6.45) is 0. The van der Waals surface area contributed by atoms with Gasteiger partial charge in [-0.25, -0.2) is 4.39 Å². The molecular formula is C14H23FN2O. The van der Waals surface area contributed by atoms with Crippen LogP contribution in [0.3, 0.4) is 0 Å². The Morgan fingerprint density at radius 3 is 2.44 bits per heavy atom. The number of likely N-dealkylation sites (N-methyl/N-ethyl adjacent to an activating group) is 1. The maximum absolute atomic E-state index is 14.0. The number of aliphatic hydroxyl groups is 1. The lowest BCUT2D eigenvalue weighted by Gasteiger charge is -2.30. The Hall–Kier alpha value is -1.13. The second-order valence-corrected chi connectivity index (χ2v) is 5.33. The lowest BCUT2D eigenvalue weighted by Crippen LogP contribution is -2.39. The minimum Gasteiger partial charge on any atom is -0.389 e. The van der Waals surface area contributed by atoms with Gasteiger partial charge in [-0.1, -0.05) is 6.07 Å². The summed E-state index contributed by atoms with van der Waals surface area (Å²) in [6, 6.07) is 4.84. The van der Waals surface area contributed by atoms with Crippen molar-refractivity contribution in [1.82, 2.24) is 0 Å². The number of benzene rings is 1. The Labute approximate surface area is 108 Å². The predicted octanol–water partition coefficient (Wildman–Crippen LogP) is 2.44. The maximum Gasteiger partial charge on any atom is 0.146 e. The van der Waals surface area contributed by atoms with Gasteiger partial charge in [0.2, 0.25) is 0 Å². The summed E-state index contributed by atoms with van der Waals surface area (Å²) >= 11 is 0. The molecule has 0 saturated carbocycles. The molecule has 0 amide bonds. The van der Waals surface area contributed by atoms with Crippen LogP contribution >= 0.6 is 0 Å². The number of anilines is 1. The molecule has 0 unspecified atom stereocenters. The Morgan fingerprint density at radius 1 is 1.44 bits per heavy atom. The SMILES string of the molecule is CCN(CC(C)(C)O)c1ccc([C@@H](C)N)cc1F. The van der Waals surface area contributed by atoms with Crippen molar-refractivity contribution in [3.63, 3.8) is 0 Å². The molecule has 0 aliphatic rings. The maximum atomic E-state index is 14.0. The van der Waals surface area contributed by atoms with Crippen LogP contribution < -0.4 is 10.6 Å². The molecule has 4 heteroatoms. The Morgan fingerprint density at radius 2 is 2.06 bits per heavy atom. The molecule has 0 fully saturated rings. The van der Waals surface area contributed by atoms with Gasteiger partial charge in [0, 0.05) is 19.1 Å². The van der Waals surface area contributed by atoms with Crippen LogP contribution in [0.4, 0.5) is 10.1 Å². The highest BCUT2D eigenvalue weighted by Gasteiger charge is 2.20. The van der Waals surface area contributed by atoms with E-state index in [2.05, 4.69) is 0 Å². The number of hydrogen-bond donors (Lipinski definition) is 2. The summed E-state index contributed by atoms with van der Waals surface area (Å²) in [6.45, 7) is 8.21. The van der Waals surface area contributed by atoms with Crippen LogP contribution in [0, 0.1) is 5.82 Å². The van der Waals surface area contributed by atoms with E-state index in [1.54, 1.807) is 19.9 Å². The normalized spacial score (nSPS) is 13.5. The first-order valence-corrected chi connectivity index (χ1v) is 6.27. The highest BCUT2D eigenvalue weighted by atomic mass is 19.1. The van der Waals surface area contributed by atoms with Gasteiger partial charge in [0.1, 0.15) is 5.82 Å². The second kappa shape index (κ2) is 5.67. The summed E-state index contributed by atoms with van der Waals surface area (Å²) < 4.78 is 14.0. The van der Waals surface area contributed by atoms with E-state index in [1.807, 2.05) is 24.8 Å². The molecule has 1 atom stereocenters. The van der Waals surface area contributed by atoms with E-state index in [1.165, 1.54) is 6.07 Å². The van der Waals surface area contributed by atoms with E-state index in [9.17, 15) is 9.50 Å². The topological polar surface area (TPSA) is 49.5 Å². The van der Waals surface area contributed by atoms with Crippen LogP contribution in [0.25, 0.3) is 0 Å². The third-order valence-corrected chi connectivity index (χ3v) is 2.80. The van der Waals surface area contributed by atoms with Gasteiger partial charge in [0.05, 0.1) is 11.3 Å². The van der Waals surface area contributed by atoms with Gasteiger partial charge in [-0.15, -0.1) is 0 Å². The second-order valence-electron chi connectivity index (χ2n) is 5.33. The Balaban J connectivity index is 3.00. The molecule has 3 nitrogen and oxygen atoms in total. The van der Waals surface area contributed by atoms with Gasteiger partial charge >= 0.3 is 0 Å². The van der Waals surface area contributed by atoms with Gasteiger partial charge in [-0.3, -0.25) is 0 Å². The molecule has 0 spiro atoms. The standard InChI is InChI=1S/C14H23FN2O/c1-5-17(9-14(3,4)18)13-7-6-11(10(2)16)8-12(13)15/h6-8,10,18H,5,9,16H2,1-4H3/t10-/m1/s1. The molecule has 18 heavy (non-hydrogen) atoms. The summed E-state index contributed by atoms with van der Waals surface area (Å²) in [4.78, 5) is 1.82. The van der Waals surface area contributed by atoms with Crippen LogP contribution in [0.15, 0.2) is 18.2 Å². The molecule has 0 aliphatic heterocycles. The fourth-order valence-corrected chi connectivity index (χ4v) is 1.90. The summed E-state index contributed by atoms with van der Waals surface area (Å²) in [7, 11) is 0. The van der Waals surface area contributed by atoms with Crippen molar-refractivity contribution in [1.29, 1.82) is 0 Å². The number of halogens is 1. The zero-order valence-corrected chi connectivity index (χ0v) is 11.6. The van der Waals surface area contributed by atoms with Crippen LogP contribution in [-0.4, -0.2) is 23.8 Å². The summed E-state index contributed by atoms with van der Waals surface area (Å²) in [5.74, 6) is -0.295. The zero-order valence-electron chi connectivity index (χ0n) is 11.6. The van der Waals surface area contributed by atoms with Crippen LogP contribution in [-0.2, 0) is 0 Å². The average molecular weight is 254 g/mol. The highest BCUT2D eigenvalue weighted by Crippen LogP contribution is 2.24. The molecule has 3 N–H and O–H groups in total. The molecule has 0 aromatic heterocycles. The minimum atomic E-state index is -0.859. The van der Waals surface area contributed by atoms with Crippen LogP contribution in [0.2, 0.25) is 0 Å². The summed E-state index contributed by atoms with van der Waals surface area (Å²) in [5, 5.41) is 9.83. The van der Waals surface area contributed by atoms with Crippen molar-refractivity contribution in [3.05, 3.63) is 29.6 Å².